The predicted octanol–water partition coefficient (Wildman–Crippen LogP) is 2.42. The van der Waals surface area contributed by atoms with Gasteiger partial charge in [-0.3, -0.25) is 9.67 Å². The molecule has 0 radical (unpaired) electrons. The molecule has 0 atom stereocenters. The number of benzene rings is 1. The van der Waals surface area contributed by atoms with Gasteiger partial charge in [0.1, 0.15) is 0 Å². The van der Waals surface area contributed by atoms with Crippen LogP contribution in [0.5, 0.6) is 0 Å². The Morgan fingerprint density at radius 3 is 2.85 bits per heavy atom. The molecular formula is C15H13N3O2. The van der Waals surface area contributed by atoms with Gasteiger partial charge in [-0.25, -0.2) is 4.79 Å². The zero-order chi connectivity index (χ0) is 14.1. The first-order chi connectivity index (χ1) is 9.72. The zero-order valence-electron chi connectivity index (χ0n) is 11.2. The van der Waals surface area contributed by atoms with Gasteiger partial charge in [0.2, 0.25) is 0 Å². The number of carbonyl (C=O) groups excluding carboxylic acids is 1. The fourth-order valence-electron chi connectivity index (χ4n) is 2.31. The standard InChI is InChI=1S/C15H13N3O2/c1-18-14-5-3-4-10(13(14)9-17-18)12-8-16-7-6-11(12)15(19)20-2/h3-9H,1-2H3. The monoisotopic (exact) mass is 267 g/mol. The molecule has 0 saturated heterocycles. The lowest BCUT2D eigenvalue weighted by Gasteiger charge is -2.08. The van der Waals surface area contributed by atoms with Crippen LogP contribution in [0.4, 0.5) is 0 Å². The van der Waals surface area contributed by atoms with E-state index in [2.05, 4.69) is 10.1 Å². The Hall–Kier alpha value is -2.69. The Bertz CT molecular complexity index is 793. The lowest BCUT2D eigenvalue weighted by Crippen LogP contribution is -2.04. The van der Waals surface area contributed by atoms with E-state index >= 15 is 0 Å². The fraction of sp³-hybridized carbons (Fsp3) is 0.133. The summed E-state index contributed by atoms with van der Waals surface area (Å²) in [7, 11) is 3.26. The van der Waals surface area contributed by atoms with E-state index in [0.717, 1.165) is 22.0 Å². The highest BCUT2D eigenvalue weighted by Gasteiger charge is 2.15. The number of pyridine rings is 1. The number of aryl methyl sites for hydroxylation is 1. The molecule has 2 aromatic heterocycles. The molecule has 0 N–H and O–H groups in total. The van der Waals surface area contributed by atoms with Crippen LogP contribution >= 0.6 is 0 Å². The molecule has 100 valence electrons. The van der Waals surface area contributed by atoms with Gasteiger partial charge in [-0.05, 0) is 17.7 Å². The maximum atomic E-state index is 11.9. The number of ether oxygens (including phenoxy) is 1. The summed E-state index contributed by atoms with van der Waals surface area (Å²) >= 11 is 0. The minimum atomic E-state index is -0.372. The van der Waals surface area contributed by atoms with Crippen molar-refractivity contribution >= 4 is 16.9 Å². The summed E-state index contributed by atoms with van der Waals surface area (Å²) in [5, 5.41) is 5.24. The van der Waals surface area contributed by atoms with Crippen molar-refractivity contribution < 1.29 is 9.53 Å². The van der Waals surface area contributed by atoms with Crippen LogP contribution in [0.1, 0.15) is 10.4 Å². The largest absolute Gasteiger partial charge is 0.465 e. The highest BCUT2D eigenvalue weighted by atomic mass is 16.5. The molecule has 2 heterocycles. The lowest BCUT2D eigenvalue weighted by atomic mass is 9.99. The van der Waals surface area contributed by atoms with E-state index in [0.29, 0.717) is 5.56 Å². The van der Waals surface area contributed by atoms with Crippen molar-refractivity contribution in [3.8, 4) is 11.1 Å². The lowest BCUT2D eigenvalue weighted by molar-refractivity contribution is 0.0601. The summed E-state index contributed by atoms with van der Waals surface area (Å²) in [6.07, 6.45) is 5.05. The molecule has 0 aliphatic carbocycles. The average molecular weight is 267 g/mol. The van der Waals surface area contributed by atoms with E-state index in [1.807, 2.05) is 25.2 Å². The van der Waals surface area contributed by atoms with E-state index in [1.54, 1.807) is 29.3 Å². The number of aromatic nitrogens is 3. The van der Waals surface area contributed by atoms with Crippen LogP contribution in [0.25, 0.3) is 22.0 Å². The number of esters is 1. The molecular weight excluding hydrogens is 254 g/mol. The van der Waals surface area contributed by atoms with Crippen molar-refractivity contribution in [1.82, 2.24) is 14.8 Å². The van der Waals surface area contributed by atoms with Crippen molar-refractivity contribution in [1.29, 1.82) is 0 Å². The van der Waals surface area contributed by atoms with Gasteiger partial charge in [-0.1, -0.05) is 12.1 Å². The molecule has 3 aromatic rings. The van der Waals surface area contributed by atoms with E-state index in [9.17, 15) is 4.79 Å². The fourth-order valence-corrected chi connectivity index (χ4v) is 2.31. The summed E-state index contributed by atoms with van der Waals surface area (Å²) in [6.45, 7) is 0. The number of fused-ring (bicyclic) bond motifs is 1. The second-order valence-electron chi connectivity index (χ2n) is 4.42. The summed E-state index contributed by atoms with van der Waals surface area (Å²) in [6, 6.07) is 7.54. The Morgan fingerprint density at radius 1 is 1.20 bits per heavy atom. The molecule has 0 aliphatic rings. The summed E-state index contributed by atoms with van der Waals surface area (Å²) < 4.78 is 6.63. The van der Waals surface area contributed by atoms with E-state index in [-0.39, 0.29) is 5.97 Å². The van der Waals surface area contributed by atoms with Crippen LogP contribution in [-0.4, -0.2) is 27.8 Å². The van der Waals surface area contributed by atoms with Gasteiger partial charge in [0.15, 0.2) is 0 Å². The van der Waals surface area contributed by atoms with Crippen LogP contribution in [0.3, 0.4) is 0 Å². The molecule has 0 unspecified atom stereocenters. The van der Waals surface area contributed by atoms with Crippen LogP contribution in [-0.2, 0) is 11.8 Å². The number of hydrogen-bond acceptors (Lipinski definition) is 4. The minimum Gasteiger partial charge on any atom is -0.465 e. The van der Waals surface area contributed by atoms with Gasteiger partial charge >= 0.3 is 5.97 Å². The number of nitrogens with zero attached hydrogens (tertiary/aromatic N) is 3. The van der Waals surface area contributed by atoms with Gasteiger partial charge in [-0.2, -0.15) is 5.10 Å². The minimum absolute atomic E-state index is 0.372. The van der Waals surface area contributed by atoms with Gasteiger partial charge in [0.05, 0.1) is 24.4 Å². The molecule has 0 fully saturated rings. The SMILES string of the molecule is COC(=O)c1ccncc1-c1cccc2c1cnn2C. The first-order valence-corrected chi connectivity index (χ1v) is 6.16. The number of hydrogen-bond donors (Lipinski definition) is 0. The van der Waals surface area contributed by atoms with E-state index in [1.165, 1.54) is 7.11 Å². The van der Waals surface area contributed by atoms with Crippen LogP contribution in [0, 0.1) is 0 Å². The molecule has 0 bridgehead atoms. The molecule has 5 heteroatoms. The highest BCUT2D eigenvalue weighted by Crippen LogP contribution is 2.30. The van der Waals surface area contributed by atoms with Crippen LogP contribution in [0.2, 0.25) is 0 Å². The topological polar surface area (TPSA) is 57.0 Å². The van der Waals surface area contributed by atoms with Gasteiger partial charge in [0, 0.05) is 30.4 Å². The molecule has 20 heavy (non-hydrogen) atoms. The average Bonchev–Trinajstić information content (AvgIpc) is 2.88. The molecule has 5 nitrogen and oxygen atoms in total. The van der Waals surface area contributed by atoms with Crippen molar-refractivity contribution in [2.75, 3.05) is 7.11 Å². The maximum Gasteiger partial charge on any atom is 0.338 e. The smallest absolute Gasteiger partial charge is 0.338 e. The van der Waals surface area contributed by atoms with E-state index in [4.69, 9.17) is 4.74 Å². The Kier molecular flexibility index (Phi) is 2.95. The third kappa shape index (κ3) is 1.84. The normalized spacial score (nSPS) is 10.7. The maximum absolute atomic E-state index is 11.9. The van der Waals surface area contributed by atoms with Crippen LogP contribution < -0.4 is 0 Å². The first kappa shape index (κ1) is 12.3. The van der Waals surface area contributed by atoms with Crippen molar-refractivity contribution in [2.24, 2.45) is 7.05 Å². The quantitative estimate of drug-likeness (QED) is 0.669. The predicted molar refractivity (Wildman–Crippen MR) is 75.3 cm³/mol. The summed E-state index contributed by atoms with van der Waals surface area (Å²) in [4.78, 5) is 16.0. The summed E-state index contributed by atoms with van der Waals surface area (Å²) in [5.41, 5.74) is 3.17. The van der Waals surface area contributed by atoms with Gasteiger partial charge in [-0.15, -0.1) is 0 Å². The molecule has 0 amide bonds. The second-order valence-corrected chi connectivity index (χ2v) is 4.42. The number of methoxy groups -OCH3 is 1. The van der Waals surface area contributed by atoms with Crippen molar-refractivity contribution in [2.45, 2.75) is 0 Å². The Labute approximate surface area is 115 Å². The zero-order valence-corrected chi connectivity index (χ0v) is 11.2. The first-order valence-electron chi connectivity index (χ1n) is 6.16. The molecule has 1 aromatic carbocycles. The van der Waals surface area contributed by atoms with Gasteiger partial charge < -0.3 is 4.74 Å². The van der Waals surface area contributed by atoms with E-state index < -0.39 is 0 Å². The second kappa shape index (κ2) is 4.77. The number of carbonyl (C=O) groups is 1. The summed E-state index contributed by atoms with van der Waals surface area (Å²) in [5.74, 6) is -0.372. The molecule has 0 spiro atoms. The van der Waals surface area contributed by atoms with Crippen LogP contribution in [0.15, 0.2) is 42.9 Å². The highest BCUT2D eigenvalue weighted by molar-refractivity contribution is 6.03. The number of rotatable bonds is 2. The molecule has 0 saturated carbocycles. The van der Waals surface area contributed by atoms with Crippen molar-refractivity contribution in [3.63, 3.8) is 0 Å². The molecule has 3 rings (SSSR count). The third-order valence-corrected chi connectivity index (χ3v) is 3.31. The Balaban J connectivity index is 2.29. The Morgan fingerprint density at radius 2 is 2.05 bits per heavy atom. The van der Waals surface area contributed by atoms with Gasteiger partial charge in [0.25, 0.3) is 0 Å². The van der Waals surface area contributed by atoms with Crippen molar-refractivity contribution in [3.05, 3.63) is 48.4 Å². The third-order valence-electron chi connectivity index (χ3n) is 3.31. The molecule has 0 aliphatic heterocycles.